The van der Waals surface area contributed by atoms with Crippen LogP contribution < -0.4 is 0 Å². The minimum absolute atomic E-state index is 0.338. The Bertz CT molecular complexity index is 263. The van der Waals surface area contributed by atoms with Crippen LogP contribution in [-0.2, 0) is 4.79 Å². The molecule has 0 atom stereocenters. The number of unbranched alkanes of at least 4 members (excludes halogenated alkanes) is 12. The molecule has 0 rings (SSSR count). The Morgan fingerprint density at radius 1 is 0.696 bits per heavy atom. The maximum absolute atomic E-state index is 12.0. The summed E-state index contributed by atoms with van der Waals surface area (Å²) < 4.78 is 0. The Labute approximate surface area is 146 Å². The lowest BCUT2D eigenvalue weighted by Gasteiger charge is -2.25. The van der Waals surface area contributed by atoms with Crippen LogP contribution in [0.2, 0.25) is 0 Å². The van der Waals surface area contributed by atoms with Crippen molar-refractivity contribution in [3.63, 3.8) is 0 Å². The van der Waals surface area contributed by atoms with Gasteiger partial charge >= 0.3 is 0 Å². The summed E-state index contributed by atoms with van der Waals surface area (Å²) in [5.41, 5.74) is 0. The van der Waals surface area contributed by atoms with E-state index in [4.69, 9.17) is 0 Å². The molecule has 23 heavy (non-hydrogen) atoms. The number of carbonyl (C=O) groups is 1. The van der Waals surface area contributed by atoms with Gasteiger partial charge in [0.05, 0.1) is 0 Å². The summed E-state index contributed by atoms with van der Waals surface area (Å²) in [5, 5.41) is 0. The molecule has 0 aliphatic rings. The number of carbonyl (C=O) groups excluding carboxylic acids is 1. The number of hydrogen-bond acceptors (Lipinski definition) is 1. The van der Waals surface area contributed by atoms with Gasteiger partial charge in [-0.25, -0.2) is 0 Å². The highest BCUT2D eigenvalue weighted by Crippen LogP contribution is 2.13. The third kappa shape index (κ3) is 13.6. The topological polar surface area (TPSA) is 20.3 Å². The van der Waals surface area contributed by atoms with Crippen molar-refractivity contribution in [3.05, 3.63) is 0 Å². The van der Waals surface area contributed by atoms with Crippen LogP contribution in [0.15, 0.2) is 0 Å². The molecule has 0 aliphatic carbocycles. The summed E-state index contributed by atoms with van der Waals surface area (Å²) in [5.74, 6) is 0.338. The lowest BCUT2D eigenvalue weighted by molar-refractivity contribution is -0.132. The Morgan fingerprint density at radius 2 is 1.09 bits per heavy atom. The zero-order valence-electron chi connectivity index (χ0n) is 16.5. The predicted molar refractivity (Wildman–Crippen MR) is 103 cm³/mol. The summed E-state index contributed by atoms with van der Waals surface area (Å²) >= 11 is 0. The first-order valence-electron chi connectivity index (χ1n) is 10.4. The van der Waals surface area contributed by atoms with Crippen LogP contribution in [0, 0.1) is 0 Å². The average molecular weight is 326 g/mol. The zero-order chi connectivity index (χ0) is 17.3. The van der Waals surface area contributed by atoms with Gasteiger partial charge in [-0.05, 0) is 27.2 Å². The normalized spacial score (nSPS) is 11.2. The monoisotopic (exact) mass is 325 g/mol. The molecule has 0 aromatic heterocycles. The first-order valence-corrected chi connectivity index (χ1v) is 10.4. The standard InChI is InChI=1S/C21H43NO/c1-5-7-8-9-10-11-12-13-14-15-16-17-18-19-21(23)22(6-2)20(3)4/h20H,5-19H2,1-4H3. The second kappa shape index (κ2) is 16.3. The van der Waals surface area contributed by atoms with Gasteiger partial charge in [-0.2, -0.15) is 0 Å². The molecule has 0 N–H and O–H groups in total. The minimum atomic E-state index is 0.338. The first kappa shape index (κ1) is 22.5. The van der Waals surface area contributed by atoms with Crippen LogP contribution in [-0.4, -0.2) is 23.4 Å². The van der Waals surface area contributed by atoms with E-state index in [0.29, 0.717) is 11.9 Å². The van der Waals surface area contributed by atoms with Crippen molar-refractivity contribution < 1.29 is 4.79 Å². The fraction of sp³-hybridized carbons (Fsp3) is 0.952. The van der Waals surface area contributed by atoms with E-state index in [9.17, 15) is 4.79 Å². The van der Waals surface area contributed by atoms with Crippen molar-refractivity contribution in [2.24, 2.45) is 0 Å². The van der Waals surface area contributed by atoms with Gasteiger partial charge in [-0.15, -0.1) is 0 Å². The molecule has 0 aromatic rings. The molecular formula is C21H43NO. The van der Waals surface area contributed by atoms with Gasteiger partial charge in [0.2, 0.25) is 5.91 Å². The van der Waals surface area contributed by atoms with Gasteiger partial charge < -0.3 is 4.90 Å². The first-order chi connectivity index (χ1) is 11.1. The maximum Gasteiger partial charge on any atom is 0.222 e. The molecule has 0 aromatic carbocycles. The van der Waals surface area contributed by atoms with E-state index in [-0.39, 0.29) is 0 Å². The fourth-order valence-electron chi connectivity index (χ4n) is 3.27. The molecule has 0 unspecified atom stereocenters. The molecule has 0 spiro atoms. The molecule has 0 saturated heterocycles. The van der Waals surface area contributed by atoms with Crippen LogP contribution >= 0.6 is 0 Å². The highest BCUT2D eigenvalue weighted by Gasteiger charge is 2.13. The van der Waals surface area contributed by atoms with Gasteiger partial charge in [0.1, 0.15) is 0 Å². The van der Waals surface area contributed by atoms with Crippen LogP contribution in [0.1, 0.15) is 118 Å². The Kier molecular flexibility index (Phi) is 16.0. The Morgan fingerprint density at radius 3 is 1.43 bits per heavy atom. The summed E-state index contributed by atoms with van der Waals surface area (Å²) in [6, 6.07) is 0.342. The third-order valence-electron chi connectivity index (χ3n) is 4.78. The van der Waals surface area contributed by atoms with Crippen LogP contribution in [0.25, 0.3) is 0 Å². The predicted octanol–water partition coefficient (Wildman–Crippen LogP) is 6.72. The summed E-state index contributed by atoms with van der Waals surface area (Å²) in [6.45, 7) is 9.40. The molecule has 2 heteroatoms. The molecule has 0 aliphatic heterocycles. The molecule has 0 bridgehead atoms. The molecular weight excluding hydrogens is 282 g/mol. The average Bonchev–Trinajstić information content (AvgIpc) is 2.52. The van der Waals surface area contributed by atoms with Crippen LogP contribution in [0.4, 0.5) is 0 Å². The summed E-state index contributed by atoms with van der Waals surface area (Å²) in [7, 11) is 0. The molecule has 138 valence electrons. The van der Waals surface area contributed by atoms with Crippen LogP contribution in [0.3, 0.4) is 0 Å². The SMILES string of the molecule is CCCCCCCCCCCCCCCC(=O)N(CC)C(C)C. The van der Waals surface area contributed by atoms with Crippen LogP contribution in [0.5, 0.6) is 0 Å². The van der Waals surface area contributed by atoms with E-state index in [1.54, 1.807) is 0 Å². The number of nitrogens with zero attached hydrogens (tertiary/aromatic N) is 1. The number of amides is 1. The molecule has 0 heterocycles. The van der Waals surface area contributed by atoms with Crippen molar-refractivity contribution in [1.82, 2.24) is 4.90 Å². The second-order valence-electron chi connectivity index (χ2n) is 7.27. The van der Waals surface area contributed by atoms with E-state index in [1.807, 2.05) is 4.90 Å². The number of hydrogen-bond donors (Lipinski definition) is 0. The van der Waals surface area contributed by atoms with E-state index in [1.165, 1.54) is 77.0 Å². The quantitative estimate of drug-likeness (QED) is 0.288. The van der Waals surface area contributed by atoms with E-state index in [0.717, 1.165) is 19.4 Å². The van der Waals surface area contributed by atoms with E-state index in [2.05, 4.69) is 27.7 Å². The summed E-state index contributed by atoms with van der Waals surface area (Å²) in [6.07, 6.45) is 18.4. The zero-order valence-corrected chi connectivity index (χ0v) is 16.5. The smallest absolute Gasteiger partial charge is 0.222 e. The Balaban J connectivity index is 3.29. The number of rotatable bonds is 16. The maximum atomic E-state index is 12.0. The van der Waals surface area contributed by atoms with Crippen molar-refractivity contribution in [1.29, 1.82) is 0 Å². The minimum Gasteiger partial charge on any atom is -0.341 e. The molecule has 2 nitrogen and oxygen atoms in total. The highest BCUT2D eigenvalue weighted by molar-refractivity contribution is 5.76. The summed E-state index contributed by atoms with van der Waals surface area (Å²) in [4.78, 5) is 14.0. The van der Waals surface area contributed by atoms with E-state index >= 15 is 0 Å². The fourth-order valence-corrected chi connectivity index (χ4v) is 3.27. The molecule has 0 radical (unpaired) electrons. The third-order valence-corrected chi connectivity index (χ3v) is 4.78. The van der Waals surface area contributed by atoms with Gasteiger partial charge in [-0.1, -0.05) is 84.0 Å². The van der Waals surface area contributed by atoms with Crippen molar-refractivity contribution in [2.45, 2.75) is 124 Å². The lowest BCUT2D eigenvalue weighted by Crippen LogP contribution is -2.36. The van der Waals surface area contributed by atoms with Gasteiger partial charge in [0.25, 0.3) is 0 Å². The second-order valence-corrected chi connectivity index (χ2v) is 7.27. The van der Waals surface area contributed by atoms with Crippen molar-refractivity contribution >= 4 is 5.91 Å². The van der Waals surface area contributed by atoms with Gasteiger partial charge in [0.15, 0.2) is 0 Å². The van der Waals surface area contributed by atoms with Gasteiger partial charge in [-0.3, -0.25) is 4.79 Å². The van der Waals surface area contributed by atoms with Crippen molar-refractivity contribution in [2.75, 3.05) is 6.54 Å². The highest BCUT2D eigenvalue weighted by atomic mass is 16.2. The Hall–Kier alpha value is -0.530. The molecule has 1 amide bonds. The lowest BCUT2D eigenvalue weighted by atomic mass is 10.0. The van der Waals surface area contributed by atoms with Crippen molar-refractivity contribution in [3.8, 4) is 0 Å². The molecule has 0 saturated carbocycles. The van der Waals surface area contributed by atoms with E-state index < -0.39 is 0 Å². The molecule has 0 fully saturated rings. The van der Waals surface area contributed by atoms with Gasteiger partial charge in [0, 0.05) is 19.0 Å². The largest absolute Gasteiger partial charge is 0.341 e.